The molecule has 2 rings (SSSR count). The monoisotopic (exact) mass is 233 g/mol. The van der Waals surface area contributed by atoms with Gasteiger partial charge in [-0.1, -0.05) is 19.8 Å². The normalized spacial score (nSPS) is 24.4. The third kappa shape index (κ3) is 3.15. The van der Waals surface area contributed by atoms with Gasteiger partial charge in [0.1, 0.15) is 5.75 Å². The van der Waals surface area contributed by atoms with Gasteiger partial charge in [0, 0.05) is 11.7 Å². The van der Waals surface area contributed by atoms with Crippen LogP contribution >= 0.6 is 0 Å². The molecule has 2 atom stereocenters. The maximum atomic E-state index is 5.23. The maximum absolute atomic E-state index is 5.23. The zero-order valence-electron chi connectivity index (χ0n) is 11.1. The first-order valence-corrected chi connectivity index (χ1v) is 6.60. The Morgan fingerprint density at radius 2 is 2.12 bits per heavy atom. The van der Waals surface area contributed by atoms with Crippen LogP contribution in [0.4, 0.5) is 5.69 Å². The van der Waals surface area contributed by atoms with Gasteiger partial charge in [0.15, 0.2) is 0 Å². The molecule has 0 saturated heterocycles. The van der Waals surface area contributed by atoms with Gasteiger partial charge < -0.3 is 10.1 Å². The SMILES string of the molecule is COc1ccc(NC2CCCC(C)C2)c(C)c1. The first-order valence-electron chi connectivity index (χ1n) is 6.60. The lowest BCUT2D eigenvalue weighted by atomic mass is 9.87. The molecule has 2 heteroatoms. The summed E-state index contributed by atoms with van der Waals surface area (Å²) in [6, 6.07) is 6.90. The molecule has 1 N–H and O–H groups in total. The number of anilines is 1. The van der Waals surface area contributed by atoms with Crippen molar-refractivity contribution >= 4 is 5.69 Å². The largest absolute Gasteiger partial charge is 0.497 e. The van der Waals surface area contributed by atoms with Crippen molar-refractivity contribution in [2.75, 3.05) is 12.4 Å². The molecule has 2 nitrogen and oxygen atoms in total. The van der Waals surface area contributed by atoms with Crippen LogP contribution in [0.3, 0.4) is 0 Å². The van der Waals surface area contributed by atoms with Crippen molar-refractivity contribution in [1.29, 1.82) is 0 Å². The molecule has 1 saturated carbocycles. The van der Waals surface area contributed by atoms with E-state index in [-0.39, 0.29) is 0 Å². The average Bonchev–Trinajstić information content (AvgIpc) is 2.32. The summed E-state index contributed by atoms with van der Waals surface area (Å²) in [5, 5.41) is 3.68. The summed E-state index contributed by atoms with van der Waals surface area (Å²) >= 11 is 0. The van der Waals surface area contributed by atoms with Crippen LogP contribution in [-0.4, -0.2) is 13.2 Å². The fourth-order valence-electron chi connectivity index (χ4n) is 2.71. The van der Waals surface area contributed by atoms with E-state index in [4.69, 9.17) is 4.74 Å². The molecule has 1 aliphatic rings. The summed E-state index contributed by atoms with van der Waals surface area (Å²) in [5.74, 6) is 1.80. The van der Waals surface area contributed by atoms with Crippen LogP contribution in [0, 0.1) is 12.8 Å². The van der Waals surface area contributed by atoms with Crippen LogP contribution in [0.1, 0.15) is 38.2 Å². The van der Waals surface area contributed by atoms with Crippen molar-refractivity contribution < 1.29 is 4.74 Å². The Morgan fingerprint density at radius 3 is 2.76 bits per heavy atom. The molecule has 0 aliphatic heterocycles. The third-order valence-electron chi connectivity index (χ3n) is 3.73. The van der Waals surface area contributed by atoms with Crippen LogP contribution in [0.25, 0.3) is 0 Å². The van der Waals surface area contributed by atoms with E-state index in [2.05, 4.69) is 31.3 Å². The predicted molar refractivity (Wildman–Crippen MR) is 72.8 cm³/mol. The summed E-state index contributed by atoms with van der Waals surface area (Å²) in [7, 11) is 1.71. The van der Waals surface area contributed by atoms with Gasteiger partial charge in [-0.3, -0.25) is 0 Å². The lowest BCUT2D eigenvalue weighted by Gasteiger charge is -2.29. The number of methoxy groups -OCH3 is 1. The summed E-state index contributed by atoms with van der Waals surface area (Å²) in [6.07, 6.45) is 5.34. The highest BCUT2D eigenvalue weighted by Gasteiger charge is 2.18. The molecular weight excluding hydrogens is 210 g/mol. The van der Waals surface area contributed by atoms with Gasteiger partial charge in [-0.2, -0.15) is 0 Å². The summed E-state index contributed by atoms with van der Waals surface area (Å²) < 4.78 is 5.23. The number of aryl methyl sites for hydroxylation is 1. The van der Waals surface area contributed by atoms with E-state index in [0.717, 1.165) is 11.7 Å². The molecule has 1 aliphatic carbocycles. The summed E-state index contributed by atoms with van der Waals surface area (Å²) in [4.78, 5) is 0. The van der Waals surface area contributed by atoms with Crippen LogP contribution in [0.2, 0.25) is 0 Å². The minimum Gasteiger partial charge on any atom is -0.497 e. The highest BCUT2D eigenvalue weighted by Crippen LogP contribution is 2.28. The van der Waals surface area contributed by atoms with Gasteiger partial charge in [0.05, 0.1) is 7.11 Å². The molecule has 17 heavy (non-hydrogen) atoms. The molecular formula is C15H23NO. The fraction of sp³-hybridized carbons (Fsp3) is 0.600. The molecule has 0 aromatic heterocycles. The Labute approximate surface area is 104 Å². The second-order valence-electron chi connectivity index (χ2n) is 5.29. The Hall–Kier alpha value is -1.18. The minimum absolute atomic E-state index is 0.644. The number of benzene rings is 1. The Morgan fingerprint density at radius 1 is 1.29 bits per heavy atom. The molecule has 1 aromatic carbocycles. The Kier molecular flexibility index (Phi) is 3.93. The Balaban J connectivity index is 2.02. The zero-order valence-corrected chi connectivity index (χ0v) is 11.1. The minimum atomic E-state index is 0.644. The second kappa shape index (κ2) is 5.44. The van der Waals surface area contributed by atoms with Crippen LogP contribution < -0.4 is 10.1 Å². The second-order valence-corrected chi connectivity index (χ2v) is 5.29. The van der Waals surface area contributed by atoms with Crippen LogP contribution in [0.15, 0.2) is 18.2 Å². The van der Waals surface area contributed by atoms with Crippen LogP contribution in [0.5, 0.6) is 5.75 Å². The van der Waals surface area contributed by atoms with Crippen molar-refractivity contribution in [2.45, 2.75) is 45.6 Å². The van der Waals surface area contributed by atoms with Crippen molar-refractivity contribution in [1.82, 2.24) is 0 Å². The van der Waals surface area contributed by atoms with Crippen molar-refractivity contribution in [3.63, 3.8) is 0 Å². The number of hydrogen-bond acceptors (Lipinski definition) is 2. The lowest BCUT2D eigenvalue weighted by molar-refractivity contribution is 0.358. The van der Waals surface area contributed by atoms with Gasteiger partial charge in [0.25, 0.3) is 0 Å². The van der Waals surface area contributed by atoms with E-state index in [9.17, 15) is 0 Å². The molecule has 0 bridgehead atoms. The predicted octanol–water partition coefficient (Wildman–Crippen LogP) is 3.99. The Bertz CT molecular complexity index is 375. The van der Waals surface area contributed by atoms with Crippen molar-refractivity contribution in [2.24, 2.45) is 5.92 Å². The number of ether oxygens (including phenoxy) is 1. The first kappa shape index (κ1) is 12.3. The van der Waals surface area contributed by atoms with E-state index in [1.54, 1.807) is 7.11 Å². The average molecular weight is 233 g/mol. The van der Waals surface area contributed by atoms with Crippen molar-refractivity contribution in [3.05, 3.63) is 23.8 Å². The standard InChI is InChI=1S/C15H23NO/c1-11-5-4-6-13(9-11)16-15-8-7-14(17-3)10-12(15)2/h7-8,10-11,13,16H,4-6,9H2,1-3H3. The molecule has 2 unspecified atom stereocenters. The van der Waals surface area contributed by atoms with Gasteiger partial charge in [-0.15, -0.1) is 0 Å². The highest BCUT2D eigenvalue weighted by atomic mass is 16.5. The van der Waals surface area contributed by atoms with Gasteiger partial charge in [-0.25, -0.2) is 0 Å². The molecule has 0 amide bonds. The molecule has 94 valence electrons. The number of nitrogens with one attached hydrogen (secondary N) is 1. The van der Waals surface area contributed by atoms with Crippen LogP contribution in [-0.2, 0) is 0 Å². The van der Waals surface area contributed by atoms with Gasteiger partial charge in [0.2, 0.25) is 0 Å². The van der Waals surface area contributed by atoms with Crippen molar-refractivity contribution in [3.8, 4) is 5.75 Å². The topological polar surface area (TPSA) is 21.3 Å². The molecule has 1 fully saturated rings. The molecule has 0 radical (unpaired) electrons. The van der Waals surface area contributed by atoms with E-state index in [0.29, 0.717) is 6.04 Å². The summed E-state index contributed by atoms with van der Waals surface area (Å²) in [5.41, 5.74) is 2.52. The third-order valence-corrected chi connectivity index (χ3v) is 3.73. The number of hydrogen-bond donors (Lipinski definition) is 1. The maximum Gasteiger partial charge on any atom is 0.119 e. The van der Waals surface area contributed by atoms with E-state index >= 15 is 0 Å². The first-order chi connectivity index (χ1) is 8.19. The van der Waals surface area contributed by atoms with E-state index in [1.165, 1.54) is 36.9 Å². The van der Waals surface area contributed by atoms with Gasteiger partial charge in [-0.05, 0) is 49.4 Å². The highest BCUT2D eigenvalue weighted by molar-refractivity contribution is 5.54. The summed E-state index contributed by atoms with van der Waals surface area (Å²) in [6.45, 7) is 4.49. The molecule has 0 spiro atoms. The lowest BCUT2D eigenvalue weighted by Crippen LogP contribution is -2.26. The molecule has 1 aromatic rings. The molecule has 0 heterocycles. The van der Waals surface area contributed by atoms with E-state index < -0.39 is 0 Å². The quantitative estimate of drug-likeness (QED) is 0.852. The smallest absolute Gasteiger partial charge is 0.119 e. The van der Waals surface area contributed by atoms with E-state index in [1.807, 2.05) is 6.07 Å². The zero-order chi connectivity index (χ0) is 12.3. The number of rotatable bonds is 3. The fourth-order valence-corrected chi connectivity index (χ4v) is 2.71. The van der Waals surface area contributed by atoms with Gasteiger partial charge >= 0.3 is 0 Å².